The molecule has 3 rings (SSSR count). The van der Waals surface area contributed by atoms with Crippen molar-refractivity contribution < 1.29 is 19.1 Å². The maximum atomic E-state index is 13.4. The minimum absolute atomic E-state index is 0.0732. The van der Waals surface area contributed by atoms with Crippen molar-refractivity contribution in [2.24, 2.45) is 10.8 Å². The molecule has 0 N–H and O–H groups in total. The van der Waals surface area contributed by atoms with E-state index in [1.165, 1.54) is 0 Å². The van der Waals surface area contributed by atoms with Crippen molar-refractivity contribution in [3.63, 3.8) is 0 Å². The predicted molar refractivity (Wildman–Crippen MR) is 115 cm³/mol. The average Bonchev–Trinajstić information content (AvgIpc) is 2.62. The highest BCUT2D eigenvalue weighted by Crippen LogP contribution is 2.48. The van der Waals surface area contributed by atoms with Crippen LogP contribution in [-0.2, 0) is 19.1 Å². The topological polar surface area (TPSA) is 52.6 Å². The first-order chi connectivity index (χ1) is 13.6. The van der Waals surface area contributed by atoms with E-state index in [2.05, 4.69) is 18.2 Å². The number of Topliss-reactive ketones (excluding diaryl/α,β-unsaturated/α-hetero) is 1. The molecule has 29 heavy (non-hydrogen) atoms. The molecule has 1 spiro atoms. The first-order valence-corrected chi connectivity index (χ1v) is 10.6. The highest BCUT2D eigenvalue weighted by molar-refractivity contribution is 6.23. The van der Waals surface area contributed by atoms with Gasteiger partial charge in [0.05, 0.1) is 13.0 Å². The standard InChI is InChI=1S/C25H34O4/c1-17-6-7-18(2)20(12-17)23-19(13-22(27)29-16-24(3,4)5)14-25(15-21(23)26)8-10-28-11-9-25/h6-7,12H,8-11,13-16H2,1-5H3. The second kappa shape index (κ2) is 8.43. The van der Waals surface area contributed by atoms with Crippen molar-refractivity contribution in [1.82, 2.24) is 0 Å². The fraction of sp³-hybridized carbons (Fsp3) is 0.600. The average molecular weight is 399 g/mol. The highest BCUT2D eigenvalue weighted by atomic mass is 16.5. The monoisotopic (exact) mass is 398 g/mol. The van der Waals surface area contributed by atoms with Gasteiger partial charge in [-0.15, -0.1) is 0 Å². The Morgan fingerprint density at radius 3 is 2.48 bits per heavy atom. The van der Waals surface area contributed by atoms with Crippen LogP contribution < -0.4 is 0 Å². The summed E-state index contributed by atoms with van der Waals surface area (Å²) in [5, 5.41) is 0. The Morgan fingerprint density at radius 1 is 1.14 bits per heavy atom. The molecule has 0 radical (unpaired) electrons. The Kier molecular flexibility index (Phi) is 6.33. The van der Waals surface area contributed by atoms with E-state index in [9.17, 15) is 9.59 Å². The number of esters is 1. The summed E-state index contributed by atoms with van der Waals surface area (Å²) in [6.45, 7) is 12.0. The molecule has 4 heteroatoms. The van der Waals surface area contributed by atoms with Crippen LogP contribution in [0.1, 0.15) is 69.6 Å². The van der Waals surface area contributed by atoms with Gasteiger partial charge >= 0.3 is 5.97 Å². The van der Waals surface area contributed by atoms with Crippen LogP contribution in [0.5, 0.6) is 0 Å². The zero-order chi connectivity index (χ0) is 21.2. The summed E-state index contributed by atoms with van der Waals surface area (Å²) in [5.74, 6) is -0.0832. The van der Waals surface area contributed by atoms with Crippen molar-refractivity contribution >= 4 is 17.3 Å². The molecule has 2 aliphatic rings. The number of carbonyl (C=O) groups excluding carboxylic acids is 2. The third-order valence-electron chi connectivity index (χ3n) is 6.00. The number of rotatable bonds is 4. The molecule has 1 saturated heterocycles. The number of ketones is 1. The Morgan fingerprint density at radius 2 is 1.83 bits per heavy atom. The lowest BCUT2D eigenvalue weighted by Gasteiger charge is -2.41. The number of carbonyl (C=O) groups is 2. The fourth-order valence-corrected chi connectivity index (χ4v) is 4.41. The van der Waals surface area contributed by atoms with E-state index in [4.69, 9.17) is 9.47 Å². The highest BCUT2D eigenvalue weighted by Gasteiger charge is 2.42. The second-order valence-electron chi connectivity index (χ2n) is 10.1. The van der Waals surface area contributed by atoms with Crippen LogP contribution in [0.2, 0.25) is 0 Å². The normalized spacial score (nSPS) is 19.6. The van der Waals surface area contributed by atoms with Crippen molar-refractivity contribution in [3.8, 4) is 0 Å². The van der Waals surface area contributed by atoms with Crippen LogP contribution in [0.4, 0.5) is 0 Å². The maximum absolute atomic E-state index is 13.4. The van der Waals surface area contributed by atoms with Crippen LogP contribution in [0, 0.1) is 24.7 Å². The molecule has 1 fully saturated rings. The van der Waals surface area contributed by atoms with Gasteiger partial charge in [0.15, 0.2) is 5.78 Å². The van der Waals surface area contributed by atoms with Gasteiger partial charge in [0.1, 0.15) is 0 Å². The number of hydrogen-bond donors (Lipinski definition) is 0. The number of aryl methyl sites for hydroxylation is 2. The van der Waals surface area contributed by atoms with Gasteiger partial charge in [0.2, 0.25) is 0 Å². The Bertz CT molecular complexity index is 820. The summed E-state index contributed by atoms with van der Waals surface area (Å²) < 4.78 is 11.1. The molecule has 0 atom stereocenters. The van der Waals surface area contributed by atoms with E-state index in [-0.39, 0.29) is 29.0 Å². The number of ether oxygens (including phenoxy) is 2. The summed E-state index contributed by atoms with van der Waals surface area (Å²) in [6.07, 6.45) is 3.25. The van der Waals surface area contributed by atoms with Crippen molar-refractivity contribution in [3.05, 3.63) is 40.5 Å². The lowest BCUT2D eigenvalue weighted by molar-refractivity contribution is -0.145. The first-order valence-electron chi connectivity index (χ1n) is 10.6. The summed E-state index contributed by atoms with van der Waals surface area (Å²) >= 11 is 0. The second-order valence-corrected chi connectivity index (χ2v) is 10.1. The Hall–Kier alpha value is -1.94. The molecular weight excluding hydrogens is 364 g/mol. The van der Waals surface area contributed by atoms with Gasteiger partial charge in [-0.05, 0) is 60.6 Å². The van der Waals surface area contributed by atoms with Crippen LogP contribution in [0.3, 0.4) is 0 Å². The zero-order valence-electron chi connectivity index (χ0n) is 18.5. The van der Waals surface area contributed by atoms with E-state index < -0.39 is 0 Å². The molecule has 4 nitrogen and oxygen atoms in total. The van der Waals surface area contributed by atoms with Gasteiger partial charge in [0, 0.05) is 25.2 Å². The van der Waals surface area contributed by atoms with Gasteiger partial charge in [-0.2, -0.15) is 0 Å². The number of hydrogen-bond acceptors (Lipinski definition) is 4. The van der Waals surface area contributed by atoms with Gasteiger partial charge in [0.25, 0.3) is 0 Å². The zero-order valence-corrected chi connectivity index (χ0v) is 18.5. The van der Waals surface area contributed by atoms with Crippen LogP contribution >= 0.6 is 0 Å². The van der Waals surface area contributed by atoms with Gasteiger partial charge in [-0.1, -0.05) is 44.5 Å². The lowest BCUT2D eigenvalue weighted by atomic mass is 9.65. The molecule has 0 bridgehead atoms. The molecule has 0 unspecified atom stereocenters. The van der Waals surface area contributed by atoms with Crippen molar-refractivity contribution in [2.45, 2.75) is 66.7 Å². The van der Waals surface area contributed by atoms with Crippen molar-refractivity contribution in [2.75, 3.05) is 19.8 Å². The van der Waals surface area contributed by atoms with Gasteiger partial charge in [-0.3, -0.25) is 9.59 Å². The van der Waals surface area contributed by atoms with E-state index in [0.717, 1.165) is 47.1 Å². The molecule has 0 amide bonds. The fourth-order valence-electron chi connectivity index (χ4n) is 4.41. The first kappa shape index (κ1) is 21.8. The predicted octanol–water partition coefficient (Wildman–Crippen LogP) is 5.20. The van der Waals surface area contributed by atoms with E-state index in [0.29, 0.717) is 26.2 Å². The number of allylic oxidation sites excluding steroid dienone is 1. The maximum Gasteiger partial charge on any atom is 0.309 e. The summed E-state index contributed by atoms with van der Waals surface area (Å²) in [5.41, 5.74) is 4.69. The Balaban J connectivity index is 1.97. The number of benzene rings is 1. The third kappa shape index (κ3) is 5.36. The van der Waals surface area contributed by atoms with Crippen LogP contribution in [0.25, 0.3) is 5.57 Å². The molecule has 1 heterocycles. The summed E-state index contributed by atoms with van der Waals surface area (Å²) in [4.78, 5) is 26.1. The third-order valence-corrected chi connectivity index (χ3v) is 6.00. The van der Waals surface area contributed by atoms with Crippen LogP contribution in [-0.4, -0.2) is 31.6 Å². The molecule has 1 aliphatic heterocycles. The Labute approximate surface area is 174 Å². The SMILES string of the molecule is Cc1ccc(C)c(C2=C(CC(=O)OCC(C)(C)C)CC3(CCOCC3)CC2=O)c1. The lowest BCUT2D eigenvalue weighted by Crippen LogP contribution is -2.36. The van der Waals surface area contributed by atoms with Crippen LogP contribution in [0.15, 0.2) is 23.8 Å². The molecule has 1 aromatic carbocycles. The van der Waals surface area contributed by atoms with Gasteiger partial charge < -0.3 is 9.47 Å². The van der Waals surface area contributed by atoms with E-state index in [1.54, 1.807) is 0 Å². The van der Waals surface area contributed by atoms with E-state index >= 15 is 0 Å². The largest absolute Gasteiger partial charge is 0.465 e. The molecule has 1 aromatic rings. The molecule has 1 aliphatic carbocycles. The summed E-state index contributed by atoms with van der Waals surface area (Å²) in [6, 6.07) is 6.19. The quantitative estimate of drug-likeness (QED) is 0.655. The van der Waals surface area contributed by atoms with Gasteiger partial charge in [-0.25, -0.2) is 0 Å². The smallest absolute Gasteiger partial charge is 0.309 e. The molecule has 0 saturated carbocycles. The minimum atomic E-state index is -0.241. The van der Waals surface area contributed by atoms with E-state index in [1.807, 2.05) is 34.6 Å². The van der Waals surface area contributed by atoms with Crippen molar-refractivity contribution in [1.29, 1.82) is 0 Å². The molecule has 0 aromatic heterocycles. The molecular formula is C25H34O4. The molecule has 158 valence electrons. The summed E-state index contributed by atoms with van der Waals surface area (Å²) in [7, 11) is 0. The minimum Gasteiger partial charge on any atom is -0.465 e.